The van der Waals surface area contributed by atoms with Crippen LogP contribution in [0.5, 0.6) is 5.75 Å². The van der Waals surface area contributed by atoms with Gasteiger partial charge in [-0.1, -0.05) is 24.3 Å². The molecule has 3 rings (SSSR count). The van der Waals surface area contributed by atoms with Crippen LogP contribution in [0.1, 0.15) is 32.4 Å². The van der Waals surface area contributed by atoms with Crippen molar-refractivity contribution in [2.45, 2.75) is 26.8 Å². The number of benzene rings is 2. The van der Waals surface area contributed by atoms with Gasteiger partial charge in [0.25, 0.3) is 5.91 Å². The van der Waals surface area contributed by atoms with Gasteiger partial charge >= 0.3 is 0 Å². The summed E-state index contributed by atoms with van der Waals surface area (Å²) in [6, 6.07) is 15.3. The van der Waals surface area contributed by atoms with E-state index in [2.05, 4.69) is 21.2 Å². The maximum atomic E-state index is 13.6. The molecule has 1 N–H and O–H groups in total. The molecular weight excluding hydrogens is 462 g/mol. The molecule has 0 saturated heterocycles. The number of ether oxygens (including phenoxy) is 1. The quantitative estimate of drug-likeness (QED) is 0.578. The number of allylic oxidation sites excluding steroid dienone is 1. The third-order valence-corrected chi connectivity index (χ3v) is 6.21. The van der Waals surface area contributed by atoms with Crippen molar-refractivity contribution in [1.82, 2.24) is 10.2 Å². The van der Waals surface area contributed by atoms with Gasteiger partial charge in [0.1, 0.15) is 5.75 Å². The number of hydrogen-bond donors (Lipinski definition) is 1. The van der Waals surface area contributed by atoms with E-state index in [0.29, 0.717) is 23.8 Å². The van der Waals surface area contributed by atoms with Gasteiger partial charge in [0, 0.05) is 24.5 Å². The van der Waals surface area contributed by atoms with Crippen molar-refractivity contribution in [3.63, 3.8) is 0 Å². The molecule has 0 saturated carbocycles. The zero-order valence-electron chi connectivity index (χ0n) is 17.6. The first kappa shape index (κ1) is 22.3. The van der Waals surface area contributed by atoms with Crippen LogP contribution in [0.25, 0.3) is 0 Å². The van der Waals surface area contributed by atoms with Crippen LogP contribution in [-0.2, 0) is 4.79 Å². The lowest BCUT2D eigenvalue weighted by Gasteiger charge is -2.39. The zero-order chi connectivity index (χ0) is 21.8. The summed E-state index contributed by atoms with van der Waals surface area (Å²) in [6.45, 7) is 7.22. The van der Waals surface area contributed by atoms with Crippen molar-refractivity contribution in [2.24, 2.45) is 0 Å². The monoisotopic (exact) mass is 487 g/mol. The second kappa shape index (κ2) is 9.62. The average Bonchev–Trinajstić information content (AvgIpc) is 2.74. The molecule has 7 heteroatoms. The molecule has 0 bridgehead atoms. The summed E-state index contributed by atoms with van der Waals surface area (Å²) >= 11 is 9.28. The molecule has 0 spiro atoms. The predicted molar refractivity (Wildman–Crippen MR) is 129 cm³/mol. The molecular formula is C23H26BrN3O2S. The summed E-state index contributed by atoms with van der Waals surface area (Å²) in [5.41, 5.74) is 3.38. The summed E-state index contributed by atoms with van der Waals surface area (Å²) in [7, 11) is 1.63. The predicted octanol–water partition coefficient (Wildman–Crippen LogP) is 5.04. The zero-order valence-corrected chi connectivity index (χ0v) is 20.0. The van der Waals surface area contributed by atoms with Gasteiger partial charge in [0.15, 0.2) is 5.11 Å². The van der Waals surface area contributed by atoms with Crippen LogP contribution in [-0.4, -0.2) is 36.1 Å². The molecule has 158 valence electrons. The Kier molecular flexibility index (Phi) is 7.15. The molecule has 5 nitrogen and oxygen atoms in total. The number of amides is 1. The van der Waals surface area contributed by atoms with Gasteiger partial charge in [-0.05, 0) is 78.7 Å². The Morgan fingerprint density at radius 1 is 1.20 bits per heavy atom. The van der Waals surface area contributed by atoms with Gasteiger partial charge in [0.2, 0.25) is 0 Å². The Balaban J connectivity index is 2.16. The third kappa shape index (κ3) is 4.23. The summed E-state index contributed by atoms with van der Waals surface area (Å²) in [6.07, 6.45) is 0. The van der Waals surface area contributed by atoms with Crippen molar-refractivity contribution in [3.8, 4) is 5.75 Å². The summed E-state index contributed by atoms with van der Waals surface area (Å²) in [4.78, 5) is 17.3. The molecule has 0 aliphatic carbocycles. The lowest BCUT2D eigenvalue weighted by atomic mass is 9.93. The van der Waals surface area contributed by atoms with E-state index >= 15 is 0 Å². The number of thiocarbonyl (C=S) groups is 1. The molecule has 1 aliphatic heterocycles. The minimum Gasteiger partial charge on any atom is -0.496 e. The van der Waals surface area contributed by atoms with E-state index in [-0.39, 0.29) is 11.9 Å². The molecule has 1 amide bonds. The van der Waals surface area contributed by atoms with Crippen molar-refractivity contribution < 1.29 is 9.53 Å². The van der Waals surface area contributed by atoms with Crippen molar-refractivity contribution in [3.05, 3.63) is 69.8 Å². The van der Waals surface area contributed by atoms with Gasteiger partial charge in [-0.3, -0.25) is 9.69 Å². The first-order chi connectivity index (χ1) is 14.4. The number of carbonyl (C=O) groups excluding carboxylic acids is 1. The van der Waals surface area contributed by atoms with Crippen LogP contribution < -0.4 is 15.0 Å². The van der Waals surface area contributed by atoms with E-state index in [1.165, 1.54) is 0 Å². The van der Waals surface area contributed by atoms with Crippen LogP contribution in [0.15, 0.2) is 64.3 Å². The lowest BCUT2D eigenvalue weighted by molar-refractivity contribution is -0.127. The fraction of sp³-hybridized carbons (Fsp3) is 0.304. The molecule has 0 radical (unpaired) electrons. The highest BCUT2D eigenvalue weighted by Gasteiger charge is 2.36. The fourth-order valence-electron chi connectivity index (χ4n) is 3.70. The van der Waals surface area contributed by atoms with E-state index in [0.717, 1.165) is 27.2 Å². The summed E-state index contributed by atoms with van der Waals surface area (Å²) < 4.78 is 6.19. The second-order valence-electron chi connectivity index (χ2n) is 6.92. The fourth-order valence-corrected chi connectivity index (χ4v) is 4.62. The van der Waals surface area contributed by atoms with E-state index in [4.69, 9.17) is 17.0 Å². The Hall–Kier alpha value is -2.38. The van der Waals surface area contributed by atoms with Crippen molar-refractivity contribution in [2.75, 3.05) is 25.1 Å². The molecule has 2 aromatic rings. The van der Waals surface area contributed by atoms with Crippen LogP contribution in [0, 0.1) is 0 Å². The van der Waals surface area contributed by atoms with Crippen LogP contribution in [0.2, 0.25) is 0 Å². The number of para-hydroxylation sites is 1. The maximum Gasteiger partial charge on any atom is 0.253 e. The highest BCUT2D eigenvalue weighted by Crippen LogP contribution is 2.37. The van der Waals surface area contributed by atoms with Crippen molar-refractivity contribution in [1.29, 1.82) is 0 Å². The van der Waals surface area contributed by atoms with Gasteiger partial charge in [-0.15, -0.1) is 0 Å². The number of methoxy groups -OCH3 is 1. The van der Waals surface area contributed by atoms with E-state index in [1.54, 1.807) is 7.11 Å². The highest BCUT2D eigenvalue weighted by molar-refractivity contribution is 9.10. The summed E-state index contributed by atoms with van der Waals surface area (Å²) in [5, 5.41) is 3.96. The SMILES string of the molecule is CCN(CC)C(=O)C1=C(C)N(c2ccccc2)C(=S)N[C@@H]1c1ccc(OC)c(Br)c1. The minimum atomic E-state index is -0.354. The van der Waals surface area contributed by atoms with Gasteiger partial charge in [-0.2, -0.15) is 0 Å². The standard InChI is InChI=1S/C23H26BrN3O2S/c1-5-26(6-2)22(28)20-15(3)27(17-10-8-7-9-11-17)23(30)25-21(20)16-12-13-19(29-4)18(24)14-16/h7-14,21H,5-6H2,1-4H3,(H,25,30)/t21-/m1/s1. The smallest absolute Gasteiger partial charge is 0.253 e. The first-order valence-electron chi connectivity index (χ1n) is 9.92. The number of rotatable bonds is 6. The summed E-state index contributed by atoms with van der Waals surface area (Å²) in [5.74, 6) is 0.741. The van der Waals surface area contributed by atoms with Gasteiger partial charge in [-0.25, -0.2) is 0 Å². The Labute approximate surface area is 191 Å². The Morgan fingerprint density at radius 2 is 1.87 bits per heavy atom. The van der Waals surface area contributed by atoms with E-state index < -0.39 is 0 Å². The van der Waals surface area contributed by atoms with Crippen LogP contribution in [0.4, 0.5) is 5.69 Å². The number of anilines is 1. The van der Waals surface area contributed by atoms with Gasteiger partial charge < -0.3 is 15.0 Å². The Bertz CT molecular complexity index is 974. The minimum absolute atomic E-state index is 0.00497. The third-order valence-electron chi connectivity index (χ3n) is 5.29. The molecule has 1 aliphatic rings. The van der Waals surface area contributed by atoms with E-state index in [1.807, 2.05) is 79.1 Å². The number of likely N-dealkylation sites (N-methyl/N-ethyl adjacent to an activating group) is 1. The normalized spacial score (nSPS) is 16.4. The second-order valence-corrected chi connectivity index (χ2v) is 8.17. The van der Waals surface area contributed by atoms with Crippen LogP contribution >= 0.6 is 28.1 Å². The Morgan fingerprint density at radius 3 is 2.43 bits per heavy atom. The molecule has 1 heterocycles. The number of nitrogens with zero attached hydrogens (tertiary/aromatic N) is 2. The molecule has 30 heavy (non-hydrogen) atoms. The molecule has 0 aromatic heterocycles. The topological polar surface area (TPSA) is 44.8 Å². The molecule has 0 unspecified atom stereocenters. The highest BCUT2D eigenvalue weighted by atomic mass is 79.9. The molecule has 1 atom stereocenters. The molecule has 2 aromatic carbocycles. The average molecular weight is 488 g/mol. The van der Waals surface area contributed by atoms with E-state index in [9.17, 15) is 4.79 Å². The lowest BCUT2D eigenvalue weighted by Crippen LogP contribution is -2.50. The number of carbonyl (C=O) groups is 1. The number of hydrogen-bond acceptors (Lipinski definition) is 3. The number of halogens is 1. The molecule has 0 fully saturated rings. The maximum absolute atomic E-state index is 13.6. The van der Waals surface area contributed by atoms with Gasteiger partial charge in [0.05, 0.1) is 23.2 Å². The van der Waals surface area contributed by atoms with Crippen molar-refractivity contribution >= 4 is 44.9 Å². The largest absolute Gasteiger partial charge is 0.496 e. The first-order valence-corrected chi connectivity index (χ1v) is 11.1. The van der Waals surface area contributed by atoms with Crippen LogP contribution in [0.3, 0.4) is 0 Å². The number of nitrogens with one attached hydrogen (secondary N) is 1.